The standard InChI is InChI=1S/C20H26ClFN2O2/c1-3-23-10-5-11-24-13-15-8-9-19(20(12-15)25-2)26-14-16-17(21)6-4-7-18(16)22/h4,6-9,12,23-24H,3,5,10-11,13-14H2,1-2H3. The molecule has 0 saturated heterocycles. The van der Waals surface area contributed by atoms with Crippen molar-refractivity contribution >= 4 is 11.6 Å². The topological polar surface area (TPSA) is 42.5 Å². The fourth-order valence-electron chi connectivity index (χ4n) is 2.51. The summed E-state index contributed by atoms with van der Waals surface area (Å²) in [5, 5.41) is 7.05. The highest BCUT2D eigenvalue weighted by atomic mass is 35.5. The van der Waals surface area contributed by atoms with Gasteiger partial charge in [-0.2, -0.15) is 0 Å². The Hall–Kier alpha value is -1.82. The van der Waals surface area contributed by atoms with Crippen LogP contribution in [0.4, 0.5) is 4.39 Å². The van der Waals surface area contributed by atoms with E-state index in [4.69, 9.17) is 21.1 Å². The molecule has 0 spiro atoms. The second kappa shape index (κ2) is 11.0. The molecular formula is C20H26ClFN2O2. The molecule has 4 nitrogen and oxygen atoms in total. The van der Waals surface area contributed by atoms with Crippen molar-refractivity contribution in [2.24, 2.45) is 0 Å². The molecule has 2 N–H and O–H groups in total. The van der Waals surface area contributed by atoms with Crippen molar-refractivity contribution in [2.75, 3.05) is 26.7 Å². The molecule has 0 aliphatic carbocycles. The van der Waals surface area contributed by atoms with Crippen molar-refractivity contribution in [3.05, 3.63) is 58.4 Å². The maximum Gasteiger partial charge on any atom is 0.161 e. The molecule has 0 fully saturated rings. The first-order valence-corrected chi connectivity index (χ1v) is 9.17. The van der Waals surface area contributed by atoms with Crippen molar-refractivity contribution in [1.29, 1.82) is 0 Å². The minimum Gasteiger partial charge on any atom is -0.493 e. The Morgan fingerprint density at radius 1 is 1.08 bits per heavy atom. The molecule has 0 saturated carbocycles. The molecule has 142 valence electrons. The van der Waals surface area contributed by atoms with E-state index in [0.717, 1.165) is 38.2 Å². The van der Waals surface area contributed by atoms with Crippen LogP contribution >= 0.6 is 11.6 Å². The minimum absolute atomic E-state index is 0.0455. The fourth-order valence-corrected chi connectivity index (χ4v) is 2.73. The van der Waals surface area contributed by atoms with Crippen molar-refractivity contribution in [3.8, 4) is 11.5 Å². The van der Waals surface area contributed by atoms with Crippen LogP contribution in [0.3, 0.4) is 0 Å². The molecule has 0 aromatic heterocycles. The van der Waals surface area contributed by atoms with E-state index < -0.39 is 0 Å². The lowest BCUT2D eigenvalue weighted by atomic mass is 10.2. The molecule has 0 unspecified atom stereocenters. The third-order valence-corrected chi connectivity index (χ3v) is 4.30. The van der Waals surface area contributed by atoms with E-state index in [1.54, 1.807) is 19.2 Å². The van der Waals surface area contributed by atoms with Crippen LogP contribution in [0.25, 0.3) is 0 Å². The van der Waals surface area contributed by atoms with Gasteiger partial charge in [-0.1, -0.05) is 30.7 Å². The Bertz CT molecular complexity index is 677. The highest BCUT2D eigenvalue weighted by Crippen LogP contribution is 2.30. The average Bonchev–Trinajstić information content (AvgIpc) is 2.64. The molecule has 6 heteroatoms. The normalized spacial score (nSPS) is 10.8. The van der Waals surface area contributed by atoms with Crippen LogP contribution in [-0.4, -0.2) is 26.7 Å². The van der Waals surface area contributed by atoms with Gasteiger partial charge in [0.05, 0.1) is 12.1 Å². The van der Waals surface area contributed by atoms with E-state index in [-0.39, 0.29) is 12.4 Å². The first-order chi connectivity index (χ1) is 12.7. The summed E-state index contributed by atoms with van der Waals surface area (Å²) < 4.78 is 25.0. The summed E-state index contributed by atoms with van der Waals surface area (Å²) >= 11 is 6.03. The molecule has 2 aromatic rings. The zero-order chi connectivity index (χ0) is 18.8. The van der Waals surface area contributed by atoms with Crippen LogP contribution in [0.1, 0.15) is 24.5 Å². The molecule has 0 amide bonds. The van der Waals surface area contributed by atoms with E-state index >= 15 is 0 Å². The average molecular weight is 381 g/mol. The number of halogens is 2. The Morgan fingerprint density at radius 2 is 1.88 bits per heavy atom. The van der Waals surface area contributed by atoms with Gasteiger partial charge in [-0.15, -0.1) is 0 Å². The summed E-state index contributed by atoms with van der Waals surface area (Å²) in [5.74, 6) is 0.793. The molecule has 0 aliphatic heterocycles. The van der Waals surface area contributed by atoms with Crippen molar-refractivity contribution < 1.29 is 13.9 Å². The van der Waals surface area contributed by atoms with Crippen LogP contribution in [0.5, 0.6) is 11.5 Å². The van der Waals surface area contributed by atoms with E-state index in [9.17, 15) is 4.39 Å². The fraction of sp³-hybridized carbons (Fsp3) is 0.400. The number of hydrogen-bond acceptors (Lipinski definition) is 4. The number of nitrogens with one attached hydrogen (secondary N) is 2. The summed E-state index contributed by atoms with van der Waals surface area (Å²) in [4.78, 5) is 0. The van der Waals surface area contributed by atoms with Crippen molar-refractivity contribution in [1.82, 2.24) is 10.6 Å². The maximum absolute atomic E-state index is 13.8. The van der Waals surface area contributed by atoms with Gasteiger partial charge in [0.1, 0.15) is 12.4 Å². The Morgan fingerprint density at radius 3 is 2.62 bits per heavy atom. The van der Waals surface area contributed by atoms with Gasteiger partial charge >= 0.3 is 0 Å². The lowest BCUT2D eigenvalue weighted by molar-refractivity contribution is 0.279. The highest BCUT2D eigenvalue weighted by Gasteiger charge is 2.11. The first-order valence-electron chi connectivity index (χ1n) is 8.79. The molecule has 0 radical (unpaired) electrons. The van der Waals surface area contributed by atoms with E-state index in [0.29, 0.717) is 22.1 Å². The Balaban J connectivity index is 1.91. The third kappa shape index (κ3) is 6.16. The number of benzene rings is 2. The van der Waals surface area contributed by atoms with Gasteiger partial charge in [0.15, 0.2) is 11.5 Å². The largest absolute Gasteiger partial charge is 0.493 e. The monoisotopic (exact) mass is 380 g/mol. The zero-order valence-corrected chi connectivity index (χ0v) is 16.0. The second-order valence-electron chi connectivity index (χ2n) is 5.86. The Labute approximate surface area is 159 Å². The van der Waals surface area contributed by atoms with Crippen LogP contribution in [0.15, 0.2) is 36.4 Å². The van der Waals surface area contributed by atoms with Gasteiger partial charge in [-0.25, -0.2) is 4.39 Å². The van der Waals surface area contributed by atoms with Crippen LogP contribution in [-0.2, 0) is 13.2 Å². The van der Waals surface area contributed by atoms with Gasteiger partial charge in [0.2, 0.25) is 0 Å². The molecule has 2 aromatic carbocycles. The van der Waals surface area contributed by atoms with Crippen molar-refractivity contribution in [3.63, 3.8) is 0 Å². The van der Waals surface area contributed by atoms with Gasteiger partial charge in [0, 0.05) is 12.1 Å². The number of rotatable bonds is 11. The zero-order valence-electron chi connectivity index (χ0n) is 15.3. The summed E-state index contributed by atoms with van der Waals surface area (Å²) in [6.45, 7) is 5.85. The van der Waals surface area contributed by atoms with E-state index in [2.05, 4.69) is 17.6 Å². The lowest BCUT2D eigenvalue weighted by Gasteiger charge is -2.13. The summed E-state index contributed by atoms with van der Waals surface area (Å²) in [6, 6.07) is 10.3. The van der Waals surface area contributed by atoms with Gasteiger partial charge in [-0.05, 0) is 55.9 Å². The SMILES string of the molecule is CCNCCCNCc1ccc(OCc2c(F)cccc2Cl)c(OC)c1. The summed E-state index contributed by atoms with van der Waals surface area (Å²) in [5.41, 5.74) is 1.43. The Kier molecular flexibility index (Phi) is 8.68. The lowest BCUT2D eigenvalue weighted by Crippen LogP contribution is -2.21. The van der Waals surface area contributed by atoms with Crippen LogP contribution in [0.2, 0.25) is 5.02 Å². The molecular weight excluding hydrogens is 355 g/mol. The first kappa shape index (κ1) is 20.5. The third-order valence-electron chi connectivity index (χ3n) is 3.95. The van der Waals surface area contributed by atoms with Gasteiger partial charge in [0.25, 0.3) is 0 Å². The molecule has 0 aliphatic rings. The molecule has 2 rings (SSSR count). The smallest absolute Gasteiger partial charge is 0.161 e. The maximum atomic E-state index is 13.8. The summed E-state index contributed by atoms with van der Waals surface area (Å²) in [6.07, 6.45) is 1.08. The predicted octanol–water partition coefficient (Wildman–Crippen LogP) is 4.16. The van der Waals surface area contributed by atoms with E-state index in [1.807, 2.05) is 18.2 Å². The summed E-state index contributed by atoms with van der Waals surface area (Å²) in [7, 11) is 1.59. The minimum atomic E-state index is -0.380. The van der Waals surface area contributed by atoms with Crippen LogP contribution < -0.4 is 20.1 Å². The van der Waals surface area contributed by atoms with Crippen LogP contribution in [0, 0.1) is 5.82 Å². The predicted molar refractivity (Wildman–Crippen MR) is 104 cm³/mol. The molecule has 0 bridgehead atoms. The van der Waals surface area contributed by atoms with E-state index in [1.165, 1.54) is 6.07 Å². The number of ether oxygens (including phenoxy) is 2. The molecule has 26 heavy (non-hydrogen) atoms. The van der Waals surface area contributed by atoms with Gasteiger partial charge < -0.3 is 20.1 Å². The number of hydrogen-bond donors (Lipinski definition) is 2. The quantitative estimate of drug-likeness (QED) is 0.574. The molecule has 0 heterocycles. The molecule has 0 atom stereocenters. The highest BCUT2D eigenvalue weighted by molar-refractivity contribution is 6.31. The second-order valence-corrected chi connectivity index (χ2v) is 6.27. The van der Waals surface area contributed by atoms with Gasteiger partial charge in [-0.3, -0.25) is 0 Å². The van der Waals surface area contributed by atoms with Crippen molar-refractivity contribution in [2.45, 2.75) is 26.5 Å². The number of methoxy groups -OCH3 is 1.